The Balaban J connectivity index is 1.40. The summed E-state index contributed by atoms with van der Waals surface area (Å²) in [6.45, 7) is 0.230. The van der Waals surface area contributed by atoms with Crippen LogP contribution in [0, 0.1) is 5.92 Å². The van der Waals surface area contributed by atoms with Gasteiger partial charge in [0.15, 0.2) is 5.78 Å². The van der Waals surface area contributed by atoms with Crippen molar-refractivity contribution in [2.75, 3.05) is 13.2 Å². The van der Waals surface area contributed by atoms with E-state index in [0.29, 0.717) is 5.56 Å². The van der Waals surface area contributed by atoms with Gasteiger partial charge in [-0.15, -0.1) is 11.6 Å². The van der Waals surface area contributed by atoms with Crippen molar-refractivity contribution in [3.63, 3.8) is 0 Å². The zero-order chi connectivity index (χ0) is 20.8. The Kier molecular flexibility index (Phi) is 4.99. The molecule has 1 aliphatic carbocycles. The molecule has 158 valence electrons. The number of carbonyl (C=O) groups is 3. The third-order valence-corrected chi connectivity index (χ3v) is 6.92. The minimum Gasteiger partial charge on any atom is -0.366 e. The number of H-pyrrole nitrogens is 1. The smallest absolute Gasteiger partial charge is 0.252 e. The SMILES string of the molecule is O=C(N[C@H](C(=O)N1C[C@H](Cl)[C@H]2OCC(=O)[C@H]21)C1CCCC1)c1ccc2cn[nH]c2c1. The summed E-state index contributed by atoms with van der Waals surface area (Å²) in [6.07, 6.45) is 5.01. The molecule has 2 N–H and O–H groups in total. The van der Waals surface area contributed by atoms with E-state index in [1.165, 1.54) is 4.90 Å². The molecule has 9 heteroatoms. The lowest BCUT2D eigenvalue weighted by Crippen LogP contribution is -2.54. The quantitative estimate of drug-likeness (QED) is 0.717. The largest absolute Gasteiger partial charge is 0.366 e. The van der Waals surface area contributed by atoms with Crippen LogP contribution in [0.25, 0.3) is 10.9 Å². The number of nitrogens with one attached hydrogen (secondary N) is 2. The van der Waals surface area contributed by atoms with Crippen molar-refractivity contribution in [1.82, 2.24) is 20.4 Å². The molecule has 8 nitrogen and oxygen atoms in total. The minimum atomic E-state index is -0.687. The number of amides is 2. The van der Waals surface area contributed by atoms with E-state index in [1.807, 2.05) is 6.07 Å². The van der Waals surface area contributed by atoms with Crippen LogP contribution < -0.4 is 5.32 Å². The third-order valence-electron chi connectivity index (χ3n) is 6.53. The maximum Gasteiger partial charge on any atom is 0.252 e. The number of likely N-dealkylation sites (tertiary alicyclic amines) is 1. The van der Waals surface area contributed by atoms with Gasteiger partial charge in [0.1, 0.15) is 24.8 Å². The lowest BCUT2D eigenvalue weighted by molar-refractivity contribution is -0.139. The van der Waals surface area contributed by atoms with Crippen LogP contribution in [-0.4, -0.2) is 69.4 Å². The molecule has 2 aliphatic heterocycles. The molecule has 2 aromatic rings. The molecule has 1 aromatic carbocycles. The van der Waals surface area contributed by atoms with E-state index in [4.69, 9.17) is 16.3 Å². The number of ketones is 1. The number of benzene rings is 1. The summed E-state index contributed by atoms with van der Waals surface area (Å²) >= 11 is 6.36. The molecule has 4 atom stereocenters. The average molecular weight is 431 g/mol. The molecule has 1 aromatic heterocycles. The van der Waals surface area contributed by atoms with Crippen molar-refractivity contribution in [2.24, 2.45) is 5.92 Å². The lowest BCUT2D eigenvalue weighted by Gasteiger charge is -2.30. The first-order valence-corrected chi connectivity index (χ1v) is 10.8. The number of rotatable bonds is 4. The third kappa shape index (κ3) is 3.28. The van der Waals surface area contributed by atoms with E-state index < -0.39 is 23.6 Å². The fraction of sp³-hybridized carbons (Fsp3) is 0.524. The Bertz CT molecular complexity index is 1000. The van der Waals surface area contributed by atoms with Crippen LogP contribution in [0.4, 0.5) is 0 Å². The van der Waals surface area contributed by atoms with E-state index in [9.17, 15) is 14.4 Å². The lowest BCUT2D eigenvalue weighted by atomic mass is 9.95. The summed E-state index contributed by atoms with van der Waals surface area (Å²) in [5.41, 5.74) is 1.21. The van der Waals surface area contributed by atoms with E-state index in [1.54, 1.807) is 18.3 Å². The molecule has 3 heterocycles. The van der Waals surface area contributed by atoms with Crippen molar-refractivity contribution < 1.29 is 19.1 Å². The van der Waals surface area contributed by atoms with Crippen molar-refractivity contribution in [1.29, 1.82) is 0 Å². The number of ether oxygens (including phenoxy) is 1. The Hall–Kier alpha value is -2.45. The highest BCUT2D eigenvalue weighted by atomic mass is 35.5. The number of carbonyl (C=O) groups excluding carboxylic acids is 3. The van der Waals surface area contributed by atoms with E-state index in [0.717, 1.165) is 36.6 Å². The number of nitrogens with zero attached hydrogens (tertiary/aromatic N) is 2. The van der Waals surface area contributed by atoms with E-state index in [2.05, 4.69) is 15.5 Å². The molecule has 5 rings (SSSR count). The highest BCUT2D eigenvalue weighted by Crippen LogP contribution is 2.34. The van der Waals surface area contributed by atoms with Crippen molar-refractivity contribution in [3.05, 3.63) is 30.0 Å². The first kappa shape index (κ1) is 19.5. The van der Waals surface area contributed by atoms with Crippen LogP contribution in [-0.2, 0) is 14.3 Å². The van der Waals surface area contributed by atoms with Gasteiger partial charge >= 0.3 is 0 Å². The molecule has 2 amide bonds. The monoisotopic (exact) mass is 430 g/mol. The van der Waals surface area contributed by atoms with E-state index in [-0.39, 0.29) is 36.7 Å². The van der Waals surface area contributed by atoms with Crippen molar-refractivity contribution >= 4 is 40.1 Å². The molecule has 2 saturated heterocycles. The van der Waals surface area contributed by atoms with Crippen LogP contribution in [0.2, 0.25) is 0 Å². The van der Waals surface area contributed by atoms with Gasteiger partial charge in [-0.1, -0.05) is 18.9 Å². The zero-order valence-corrected chi connectivity index (χ0v) is 17.1. The van der Waals surface area contributed by atoms with Crippen LogP contribution in [0.15, 0.2) is 24.4 Å². The van der Waals surface area contributed by atoms with Gasteiger partial charge in [-0.3, -0.25) is 19.5 Å². The number of hydrogen-bond acceptors (Lipinski definition) is 5. The fourth-order valence-corrected chi connectivity index (χ4v) is 5.34. The highest BCUT2D eigenvalue weighted by Gasteiger charge is 2.53. The van der Waals surface area contributed by atoms with E-state index >= 15 is 0 Å². The molecule has 3 fully saturated rings. The van der Waals surface area contributed by atoms with Crippen molar-refractivity contribution in [3.8, 4) is 0 Å². The molecular formula is C21H23ClN4O4. The van der Waals surface area contributed by atoms with Gasteiger partial charge in [0.05, 0.1) is 17.1 Å². The van der Waals surface area contributed by atoms with Gasteiger partial charge < -0.3 is 15.0 Å². The van der Waals surface area contributed by atoms with Crippen LogP contribution in [0.1, 0.15) is 36.0 Å². The first-order valence-electron chi connectivity index (χ1n) is 10.4. The molecule has 0 unspecified atom stereocenters. The summed E-state index contributed by atoms with van der Waals surface area (Å²) in [7, 11) is 0. The molecule has 0 radical (unpaired) electrons. The summed E-state index contributed by atoms with van der Waals surface area (Å²) in [6, 6.07) is 3.93. The van der Waals surface area contributed by atoms with Gasteiger partial charge in [0.25, 0.3) is 5.91 Å². The summed E-state index contributed by atoms with van der Waals surface area (Å²) in [5, 5.41) is 10.3. The number of Topliss-reactive ketones (excluding diaryl/α,β-unsaturated/α-hetero) is 1. The predicted molar refractivity (Wildman–Crippen MR) is 109 cm³/mol. The second-order valence-corrected chi connectivity index (χ2v) is 8.92. The first-order chi connectivity index (χ1) is 14.5. The van der Waals surface area contributed by atoms with Gasteiger partial charge in [-0.25, -0.2) is 0 Å². The normalized spacial score (nSPS) is 27.6. The molecule has 3 aliphatic rings. The second kappa shape index (κ2) is 7.67. The number of alkyl halides is 1. The van der Waals surface area contributed by atoms with Gasteiger partial charge in [-0.2, -0.15) is 5.10 Å². The Morgan fingerprint density at radius 2 is 2.10 bits per heavy atom. The van der Waals surface area contributed by atoms with Crippen LogP contribution in [0.5, 0.6) is 0 Å². The molecule has 30 heavy (non-hydrogen) atoms. The number of hydrogen-bond donors (Lipinski definition) is 2. The second-order valence-electron chi connectivity index (χ2n) is 8.36. The van der Waals surface area contributed by atoms with Crippen LogP contribution in [0.3, 0.4) is 0 Å². The number of fused-ring (bicyclic) bond motifs is 2. The van der Waals surface area contributed by atoms with Gasteiger partial charge in [0.2, 0.25) is 5.91 Å². The minimum absolute atomic E-state index is 0.0208. The zero-order valence-electron chi connectivity index (χ0n) is 16.3. The maximum atomic E-state index is 13.5. The summed E-state index contributed by atoms with van der Waals surface area (Å²) < 4.78 is 5.50. The summed E-state index contributed by atoms with van der Waals surface area (Å²) in [5.74, 6) is -0.640. The van der Waals surface area contributed by atoms with Gasteiger partial charge in [-0.05, 0) is 30.9 Å². The van der Waals surface area contributed by atoms with Crippen molar-refractivity contribution in [2.45, 2.75) is 49.2 Å². The Labute approximate surface area is 178 Å². The average Bonchev–Trinajstić information content (AvgIpc) is 3.52. The standard InChI is InChI=1S/C21H23ClN4O4/c22-14-9-26(18-16(27)10-30-19(14)18)21(29)17(11-3-1-2-4-11)24-20(28)12-5-6-13-8-23-25-15(13)7-12/h5-8,11,14,17-19H,1-4,9-10H2,(H,23,25)(H,24,28)/t14-,17-,18+,19+/m0/s1. The highest BCUT2D eigenvalue weighted by molar-refractivity contribution is 6.22. The number of halogens is 1. The fourth-order valence-electron chi connectivity index (χ4n) is 4.98. The molecule has 0 bridgehead atoms. The maximum absolute atomic E-state index is 13.5. The predicted octanol–water partition coefficient (Wildman–Crippen LogP) is 1.64. The van der Waals surface area contributed by atoms with Gasteiger partial charge in [0, 0.05) is 17.5 Å². The Morgan fingerprint density at radius 3 is 2.90 bits per heavy atom. The molecule has 0 spiro atoms. The topological polar surface area (TPSA) is 104 Å². The molecular weight excluding hydrogens is 408 g/mol. The number of aromatic amines is 1. The molecule has 1 saturated carbocycles. The Morgan fingerprint density at radius 1 is 1.30 bits per heavy atom. The summed E-state index contributed by atoms with van der Waals surface area (Å²) in [4.78, 5) is 40.4. The number of aromatic nitrogens is 2. The van der Waals surface area contributed by atoms with Crippen LogP contribution >= 0.6 is 11.6 Å².